The summed E-state index contributed by atoms with van der Waals surface area (Å²) in [7, 11) is 0. The summed E-state index contributed by atoms with van der Waals surface area (Å²) in [6, 6.07) is 4.27. The van der Waals surface area contributed by atoms with Gasteiger partial charge in [0.05, 0.1) is 0 Å². The predicted molar refractivity (Wildman–Crippen MR) is 59.5 cm³/mol. The van der Waals surface area contributed by atoms with E-state index >= 15 is 0 Å². The zero-order valence-corrected chi connectivity index (χ0v) is 9.18. The van der Waals surface area contributed by atoms with Crippen LogP contribution in [0.3, 0.4) is 0 Å². The number of hydrogen-bond donors (Lipinski definition) is 1. The summed E-state index contributed by atoms with van der Waals surface area (Å²) in [6.45, 7) is 8.63. The maximum atomic E-state index is 4.28. The van der Waals surface area contributed by atoms with E-state index in [1.807, 2.05) is 13.1 Å². The average molecular weight is 188 g/mol. The summed E-state index contributed by atoms with van der Waals surface area (Å²) >= 11 is 0. The van der Waals surface area contributed by atoms with Crippen molar-refractivity contribution in [2.45, 2.75) is 33.1 Å². The lowest BCUT2D eigenvalue weighted by Crippen LogP contribution is -2.10. The fourth-order valence-corrected chi connectivity index (χ4v) is 1.53. The van der Waals surface area contributed by atoms with Crippen molar-refractivity contribution in [3.05, 3.63) is 29.7 Å². The molecule has 2 heterocycles. The van der Waals surface area contributed by atoms with Gasteiger partial charge in [-0.3, -0.25) is 4.98 Å². The van der Waals surface area contributed by atoms with Gasteiger partial charge in [0.1, 0.15) is 0 Å². The first-order valence-electron chi connectivity index (χ1n) is 4.93. The van der Waals surface area contributed by atoms with E-state index in [0.717, 1.165) is 5.69 Å². The number of aromatic amines is 1. The van der Waals surface area contributed by atoms with Gasteiger partial charge in [-0.25, -0.2) is 0 Å². The standard InChI is InChI=1S/C12H16N2/c1-8-5-10-9(7-13-8)6-11(14-10)12(2,3)4/h5-7,14H,1-4H3. The highest BCUT2D eigenvalue weighted by atomic mass is 14.8. The van der Waals surface area contributed by atoms with E-state index in [2.05, 4.69) is 42.9 Å². The maximum Gasteiger partial charge on any atom is 0.0490 e. The molecule has 0 aliphatic carbocycles. The first-order valence-corrected chi connectivity index (χ1v) is 4.93. The molecule has 74 valence electrons. The number of pyridine rings is 1. The monoisotopic (exact) mass is 188 g/mol. The molecule has 0 spiro atoms. The molecule has 0 aromatic carbocycles. The van der Waals surface area contributed by atoms with Gasteiger partial charge < -0.3 is 4.98 Å². The average Bonchev–Trinajstić information content (AvgIpc) is 2.45. The van der Waals surface area contributed by atoms with Crippen molar-refractivity contribution in [3.8, 4) is 0 Å². The Kier molecular flexibility index (Phi) is 1.88. The number of aryl methyl sites for hydroxylation is 1. The fourth-order valence-electron chi connectivity index (χ4n) is 1.53. The number of H-pyrrole nitrogens is 1. The van der Waals surface area contributed by atoms with Crippen LogP contribution in [-0.4, -0.2) is 9.97 Å². The molecule has 2 rings (SSSR count). The van der Waals surface area contributed by atoms with Crippen LogP contribution in [0.1, 0.15) is 32.2 Å². The van der Waals surface area contributed by atoms with Gasteiger partial charge in [-0.1, -0.05) is 20.8 Å². The number of nitrogens with zero attached hydrogens (tertiary/aromatic N) is 1. The van der Waals surface area contributed by atoms with Crippen molar-refractivity contribution in [1.82, 2.24) is 9.97 Å². The third-order valence-electron chi connectivity index (χ3n) is 2.45. The third kappa shape index (κ3) is 1.52. The minimum absolute atomic E-state index is 0.174. The van der Waals surface area contributed by atoms with Crippen molar-refractivity contribution in [1.29, 1.82) is 0 Å². The summed E-state index contributed by atoms with van der Waals surface area (Å²) in [5.74, 6) is 0. The van der Waals surface area contributed by atoms with E-state index in [0.29, 0.717) is 0 Å². The maximum absolute atomic E-state index is 4.28. The zero-order valence-electron chi connectivity index (χ0n) is 9.18. The Morgan fingerprint density at radius 3 is 2.57 bits per heavy atom. The van der Waals surface area contributed by atoms with Crippen LogP contribution < -0.4 is 0 Å². The van der Waals surface area contributed by atoms with Crippen LogP contribution >= 0.6 is 0 Å². The summed E-state index contributed by atoms with van der Waals surface area (Å²) in [5, 5.41) is 1.19. The van der Waals surface area contributed by atoms with E-state index in [4.69, 9.17) is 0 Å². The molecule has 0 amide bonds. The SMILES string of the molecule is Cc1cc2[nH]c(C(C)(C)C)cc2cn1. The number of aromatic nitrogens is 2. The lowest BCUT2D eigenvalue weighted by molar-refractivity contribution is 0.574. The molecule has 0 fully saturated rings. The van der Waals surface area contributed by atoms with Gasteiger partial charge >= 0.3 is 0 Å². The van der Waals surface area contributed by atoms with Crippen molar-refractivity contribution in [2.75, 3.05) is 0 Å². The molecule has 2 aromatic rings. The summed E-state index contributed by atoms with van der Waals surface area (Å²) in [4.78, 5) is 7.72. The topological polar surface area (TPSA) is 28.7 Å². The van der Waals surface area contributed by atoms with Crippen molar-refractivity contribution < 1.29 is 0 Å². The van der Waals surface area contributed by atoms with Crippen LogP contribution in [0.4, 0.5) is 0 Å². The highest BCUT2D eigenvalue weighted by Gasteiger charge is 2.15. The number of nitrogens with one attached hydrogen (secondary N) is 1. The van der Waals surface area contributed by atoms with Crippen LogP contribution in [0, 0.1) is 6.92 Å². The molecular weight excluding hydrogens is 172 g/mol. The number of hydrogen-bond acceptors (Lipinski definition) is 1. The number of rotatable bonds is 0. The minimum atomic E-state index is 0.174. The van der Waals surface area contributed by atoms with E-state index in [9.17, 15) is 0 Å². The van der Waals surface area contributed by atoms with Crippen LogP contribution in [0.2, 0.25) is 0 Å². The normalized spacial score (nSPS) is 12.3. The molecule has 2 nitrogen and oxygen atoms in total. The third-order valence-corrected chi connectivity index (χ3v) is 2.45. The molecule has 2 heteroatoms. The molecule has 0 unspecified atom stereocenters. The van der Waals surface area contributed by atoms with Crippen molar-refractivity contribution in [3.63, 3.8) is 0 Å². The Bertz CT molecular complexity index is 461. The molecule has 0 bridgehead atoms. The second-order valence-electron chi connectivity index (χ2n) is 4.85. The Labute approximate surface area is 84.4 Å². The van der Waals surface area contributed by atoms with Crippen LogP contribution in [0.15, 0.2) is 18.3 Å². The van der Waals surface area contributed by atoms with Gasteiger partial charge in [-0.2, -0.15) is 0 Å². The van der Waals surface area contributed by atoms with E-state index < -0.39 is 0 Å². The molecule has 14 heavy (non-hydrogen) atoms. The molecule has 0 atom stereocenters. The predicted octanol–water partition coefficient (Wildman–Crippen LogP) is 3.17. The summed E-state index contributed by atoms with van der Waals surface area (Å²) in [6.07, 6.45) is 1.93. The Morgan fingerprint density at radius 1 is 1.21 bits per heavy atom. The van der Waals surface area contributed by atoms with E-state index in [1.54, 1.807) is 0 Å². The Hall–Kier alpha value is -1.31. The van der Waals surface area contributed by atoms with Gasteiger partial charge in [0.15, 0.2) is 0 Å². The van der Waals surface area contributed by atoms with Crippen LogP contribution in [0.25, 0.3) is 10.9 Å². The van der Waals surface area contributed by atoms with Gasteiger partial charge in [0.25, 0.3) is 0 Å². The summed E-state index contributed by atoms with van der Waals surface area (Å²) < 4.78 is 0. The quantitative estimate of drug-likeness (QED) is 0.676. The summed E-state index contributed by atoms with van der Waals surface area (Å²) in [5.41, 5.74) is 3.68. The highest BCUT2D eigenvalue weighted by Crippen LogP contribution is 2.25. The van der Waals surface area contributed by atoms with Gasteiger partial charge in [-0.15, -0.1) is 0 Å². The van der Waals surface area contributed by atoms with Crippen LogP contribution in [-0.2, 0) is 5.41 Å². The first-order chi connectivity index (χ1) is 6.47. The molecule has 1 N–H and O–H groups in total. The molecular formula is C12H16N2. The zero-order chi connectivity index (χ0) is 10.3. The minimum Gasteiger partial charge on any atom is -0.358 e. The molecule has 0 saturated heterocycles. The fraction of sp³-hybridized carbons (Fsp3) is 0.417. The van der Waals surface area contributed by atoms with E-state index in [1.165, 1.54) is 16.6 Å². The second kappa shape index (κ2) is 2.84. The van der Waals surface area contributed by atoms with Crippen molar-refractivity contribution in [2.24, 2.45) is 0 Å². The molecule has 0 aliphatic heterocycles. The molecule has 0 saturated carbocycles. The molecule has 0 aliphatic rings. The second-order valence-corrected chi connectivity index (χ2v) is 4.85. The van der Waals surface area contributed by atoms with Gasteiger partial charge in [-0.05, 0) is 19.1 Å². The molecule has 0 radical (unpaired) electrons. The van der Waals surface area contributed by atoms with Gasteiger partial charge in [0.2, 0.25) is 0 Å². The number of fused-ring (bicyclic) bond motifs is 1. The lowest BCUT2D eigenvalue weighted by Gasteiger charge is -2.15. The van der Waals surface area contributed by atoms with Crippen molar-refractivity contribution >= 4 is 10.9 Å². The first kappa shape index (κ1) is 9.25. The smallest absolute Gasteiger partial charge is 0.0490 e. The lowest BCUT2D eigenvalue weighted by atomic mass is 9.92. The van der Waals surface area contributed by atoms with Crippen LogP contribution in [0.5, 0.6) is 0 Å². The highest BCUT2D eigenvalue weighted by molar-refractivity contribution is 5.80. The Balaban J connectivity index is 2.63. The Morgan fingerprint density at radius 2 is 1.93 bits per heavy atom. The van der Waals surface area contributed by atoms with E-state index in [-0.39, 0.29) is 5.41 Å². The largest absolute Gasteiger partial charge is 0.358 e. The van der Waals surface area contributed by atoms with Gasteiger partial charge in [0, 0.05) is 33.9 Å². The molecule has 2 aromatic heterocycles.